The zero-order valence-corrected chi connectivity index (χ0v) is 19.6. The van der Waals surface area contributed by atoms with E-state index in [0.717, 1.165) is 0 Å². The number of nitrogens with two attached hydrogens (primary N) is 2. The van der Waals surface area contributed by atoms with Gasteiger partial charge >= 0.3 is 6.09 Å². The van der Waals surface area contributed by atoms with Crippen LogP contribution in [0.25, 0.3) is 16.8 Å². The standard InChI is InChI=1S/C24H21ClF2N6O3/c25-14-2-3-15(28)20(22(14)27)11-7-12-1-4-18(33(12)19(34)8-11)23-31-9-16(32-23)13-5-6-30-17(21(13)26)10-36-24(29)35/h2-3,5-6,8-9,12,18H,1,4,7,10,28H2,(H2,29,35)(H,31,32)/t12?,18-/m0/s1. The summed E-state index contributed by atoms with van der Waals surface area (Å²) in [5.41, 5.74) is 12.3. The molecule has 2 aliphatic heterocycles. The number of anilines is 1. The molecular formula is C24H21ClF2N6O3. The van der Waals surface area contributed by atoms with Crippen LogP contribution in [0.15, 0.2) is 36.7 Å². The van der Waals surface area contributed by atoms with E-state index in [0.29, 0.717) is 36.4 Å². The van der Waals surface area contributed by atoms with E-state index in [1.807, 2.05) is 0 Å². The summed E-state index contributed by atoms with van der Waals surface area (Å²) in [7, 11) is 0. The summed E-state index contributed by atoms with van der Waals surface area (Å²) >= 11 is 5.94. The van der Waals surface area contributed by atoms with Crippen LogP contribution in [0.5, 0.6) is 0 Å². The number of halogens is 3. The van der Waals surface area contributed by atoms with Crippen LogP contribution in [0.4, 0.5) is 19.3 Å². The Bertz CT molecular complexity index is 1410. The molecule has 2 aromatic heterocycles. The molecule has 3 aromatic rings. The van der Waals surface area contributed by atoms with Crippen LogP contribution >= 0.6 is 11.6 Å². The predicted molar refractivity (Wildman–Crippen MR) is 127 cm³/mol. The van der Waals surface area contributed by atoms with Crippen LogP contribution in [0.2, 0.25) is 5.02 Å². The van der Waals surface area contributed by atoms with Crippen molar-refractivity contribution in [2.75, 3.05) is 5.73 Å². The highest BCUT2D eigenvalue weighted by Gasteiger charge is 2.42. The Morgan fingerprint density at radius 1 is 1.22 bits per heavy atom. The molecule has 12 heteroatoms. The quantitative estimate of drug-likeness (QED) is 0.438. The minimum Gasteiger partial charge on any atom is -0.443 e. The number of hydrogen-bond acceptors (Lipinski definition) is 6. The Hall–Kier alpha value is -3.99. The molecule has 1 fully saturated rings. The summed E-state index contributed by atoms with van der Waals surface area (Å²) in [6, 6.07) is 3.82. The summed E-state index contributed by atoms with van der Waals surface area (Å²) in [5.74, 6) is -1.12. The van der Waals surface area contributed by atoms with E-state index in [1.165, 1.54) is 36.7 Å². The fourth-order valence-electron chi connectivity index (χ4n) is 4.87. The smallest absolute Gasteiger partial charge is 0.404 e. The molecule has 36 heavy (non-hydrogen) atoms. The van der Waals surface area contributed by atoms with Crippen molar-refractivity contribution in [3.05, 3.63) is 70.4 Å². The summed E-state index contributed by atoms with van der Waals surface area (Å²) in [5, 5.41) is -0.0601. The number of rotatable bonds is 5. The third kappa shape index (κ3) is 4.15. The lowest BCUT2D eigenvalue weighted by Crippen LogP contribution is -2.39. The number of benzene rings is 1. The van der Waals surface area contributed by atoms with Crippen molar-refractivity contribution in [3.63, 3.8) is 0 Å². The molecular weight excluding hydrogens is 494 g/mol. The Morgan fingerprint density at radius 2 is 2.03 bits per heavy atom. The van der Waals surface area contributed by atoms with Gasteiger partial charge in [-0.15, -0.1) is 0 Å². The lowest BCUT2D eigenvalue weighted by molar-refractivity contribution is -0.129. The average molecular weight is 515 g/mol. The van der Waals surface area contributed by atoms with Crippen molar-refractivity contribution in [3.8, 4) is 11.3 Å². The molecule has 9 nitrogen and oxygen atoms in total. The van der Waals surface area contributed by atoms with Gasteiger partial charge in [0.15, 0.2) is 11.6 Å². The maximum atomic E-state index is 15.0. The molecule has 2 amide bonds. The number of aromatic nitrogens is 3. The zero-order valence-electron chi connectivity index (χ0n) is 18.8. The van der Waals surface area contributed by atoms with Gasteiger partial charge in [0.05, 0.1) is 23.0 Å². The summed E-state index contributed by atoms with van der Waals surface area (Å²) in [6.45, 7) is -0.408. The highest BCUT2D eigenvalue weighted by Crippen LogP contribution is 2.44. The number of hydrogen-bond donors (Lipinski definition) is 3. The molecule has 0 spiro atoms. The lowest BCUT2D eigenvalue weighted by Gasteiger charge is -2.33. The van der Waals surface area contributed by atoms with Crippen LogP contribution in [0.1, 0.15) is 42.4 Å². The molecule has 0 aliphatic carbocycles. The second-order valence-corrected chi connectivity index (χ2v) is 9.01. The van der Waals surface area contributed by atoms with Gasteiger partial charge in [0.25, 0.3) is 0 Å². The first-order chi connectivity index (χ1) is 17.2. The van der Waals surface area contributed by atoms with E-state index in [-0.39, 0.29) is 45.5 Å². The number of carbonyl (C=O) groups is 2. The third-order valence-electron chi connectivity index (χ3n) is 6.47. The first kappa shape index (κ1) is 23.7. The van der Waals surface area contributed by atoms with Gasteiger partial charge in [-0.2, -0.15) is 0 Å². The number of amides is 2. The predicted octanol–water partition coefficient (Wildman–Crippen LogP) is 4.10. The zero-order chi connectivity index (χ0) is 25.6. The van der Waals surface area contributed by atoms with E-state index < -0.39 is 24.3 Å². The van der Waals surface area contributed by atoms with E-state index in [4.69, 9.17) is 23.1 Å². The van der Waals surface area contributed by atoms with Gasteiger partial charge in [0.2, 0.25) is 5.91 Å². The molecule has 186 valence electrons. The van der Waals surface area contributed by atoms with Crippen molar-refractivity contribution < 1.29 is 23.1 Å². The van der Waals surface area contributed by atoms with Crippen molar-refractivity contribution >= 4 is 34.9 Å². The molecule has 5 rings (SSSR count). The Morgan fingerprint density at radius 3 is 2.81 bits per heavy atom. The molecule has 0 bridgehead atoms. The molecule has 5 N–H and O–H groups in total. The van der Waals surface area contributed by atoms with Crippen LogP contribution < -0.4 is 11.5 Å². The largest absolute Gasteiger partial charge is 0.443 e. The Labute approximate surface area is 209 Å². The monoisotopic (exact) mass is 514 g/mol. The molecule has 0 saturated carbocycles. The first-order valence-corrected chi connectivity index (χ1v) is 11.5. The number of ether oxygens (including phenoxy) is 1. The number of imidazole rings is 1. The second kappa shape index (κ2) is 9.23. The van der Waals surface area contributed by atoms with E-state index >= 15 is 0 Å². The first-order valence-electron chi connectivity index (χ1n) is 11.1. The maximum Gasteiger partial charge on any atom is 0.404 e. The minimum atomic E-state index is -1.04. The maximum absolute atomic E-state index is 15.0. The van der Waals surface area contributed by atoms with Gasteiger partial charge in [-0.1, -0.05) is 11.6 Å². The summed E-state index contributed by atoms with van der Waals surface area (Å²) in [4.78, 5) is 37.1. The van der Waals surface area contributed by atoms with Gasteiger partial charge in [-0.3, -0.25) is 9.78 Å². The van der Waals surface area contributed by atoms with Gasteiger partial charge in [-0.25, -0.2) is 18.6 Å². The summed E-state index contributed by atoms with van der Waals surface area (Å²) in [6.07, 6.45) is 4.91. The molecule has 1 saturated heterocycles. The van der Waals surface area contributed by atoms with Crippen LogP contribution in [-0.2, 0) is 16.1 Å². The van der Waals surface area contributed by atoms with Crippen molar-refractivity contribution in [2.45, 2.75) is 38.0 Å². The van der Waals surface area contributed by atoms with Crippen LogP contribution in [0.3, 0.4) is 0 Å². The molecule has 1 aromatic carbocycles. The molecule has 1 unspecified atom stereocenters. The molecule has 2 aliphatic rings. The number of H-pyrrole nitrogens is 1. The third-order valence-corrected chi connectivity index (χ3v) is 6.76. The second-order valence-electron chi connectivity index (χ2n) is 8.60. The van der Waals surface area contributed by atoms with Crippen molar-refractivity contribution in [1.29, 1.82) is 0 Å². The Balaban J connectivity index is 1.41. The summed E-state index contributed by atoms with van der Waals surface area (Å²) < 4.78 is 34.3. The molecule has 4 heterocycles. The topological polar surface area (TPSA) is 140 Å². The van der Waals surface area contributed by atoms with E-state index in [9.17, 15) is 18.4 Å². The number of nitrogens with zero attached hydrogens (tertiary/aromatic N) is 3. The van der Waals surface area contributed by atoms with Crippen LogP contribution in [-0.4, -0.2) is 37.9 Å². The number of carbonyl (C=O) groups excluding carboxylic acids is 2. The highest BCUT2D eigenvalue weighted by atomic mass is 35.5. The van der Waals surface area contributed by atoms with E-state index in [2.05, 4.69) is 19.7 Å². The van der Waals surface area contributed by atoms with Gasteiger partial charge < -0.3 is 26.1 Å². The van der Waals surface area contributed by atoms with Gasteiger partial charge in [-0.05, 0) is 43.0 Å². The molecule has 0 radical (unpaired) electrons. The van der Waals surface area contributed by atoms with Crippen molar-refractivity contribution in [2.24, 2.45) is 5.73 Å². The fourth-order valence-corrected chi connectivity index (χ4v) is 5.02. The molecule has 2 atom stereocenters. The number of pyridine rings is 1. The fraction of sp³-hybridized carbons (Fsp3) is 0.250. The van der Waals surface area contributed by atoms with Crippen LogP contribution in [0, 0.1) is 11.6 Å². The number of nitrogens with one attached hydrogen (secondary N) is 1. The lowest BCUT2D eigenvalue weighted by atomic mass is 9.92. The van der Waals surface area contributed by atoms with Crippen molar-refractivity contribution in [1.82, 2.24) is 19.9 Å². The minimum absolute atomic E-state index is 0.0601. The average Bonchev–Trinajstić information content (AvgIpc) is 3.48. The number of aromatic amines is 1. The Kier molecular flexibility index (Phi) is 6.09. The highest BCUT2D eigenvalue weighted by molar-refractivity contribution is 6.31. The number of fused-ring (bicyclic) bond motifs is 1. The number of primary amides is 1. The van der Waals surface area contributed by atoms with Gasteiger partial charge in [0.1, 0.15) is 18.1 Å². The number of nitrogen functional groups attached to an aromatic ring is 1. The van der Waals surface area contributed by atoms with E-state index in [1.54, 1.807) is 4.90 Å². The SMILES string of the molecule is NC(=O)OCc1nccc(-c2cnc([C@@H]3CCC4CC(c5c(N)ccc(Cl)c5F)=CC(=O)N43)[nH]2)c1F. The van der Waals surface area contributed by atoms with Gasteiger partial charge in [0, 0.05) is 35.1 Å². The normalized spacial score (nSPS) is 19.2.